The SMILES string of the molecule is CC(C)(F)C(CN)C1CCCC1. The van der Waals surface area contributed by atoms with Gasteiger partial charge in [0.2, 0.25) is 0 Å². The fourth-order valence-corrected chi connectivity index (χ4v) is 2.39. The van der Waals surface area contributed by atoms with Crippen molar-refractivity contribution in [2.24, 2.45) is 17.6 Å². The van der Waals surface area contributed by atoms with Gasteiger partial charge in [-0.15, -0.1) is 0 Å². The first-order chi connectivity index (χ1) is 5.55. The molecule has 0 aliphatic heterocycles. The van der Waals surface area contributed by atoms with Crippen LogP contribution in [0.3, 0.4) is 0 Å². The summed E-state index contributed by atoms with van der Waals surface area (Å²) in [6.45, 7) is 3.81. The van der Waals surface area contributed by atoms with Crippen LogP contribution < -0.4 is 5.73 Å². The van der Waals surface area contributed by atoms with Crippen LogP contribution in [-0.2, 0) is 0 Å². The van der Waals surface area contributed by atoms with Gasteiger partial charge in [-0.1, -0.05) is 25.7 Å². The molecule has 1 nitrogen and oxygen atoms in total. The summed E-state index contributed by atoms with van der Waals surface area (Å²) in [5.74, 6) is 0.606. The molecule has 0 aromatic rings. The first-order valence-electron chi connectivity index (χ1n) is 4.94. The smallest absolute Gasteiger partial charge is 0.109 e. The highest BCUT2D eigenvalue weighted by Gasteiger charge is 2.35. The lowest BCUT2D eigenvalue weighted by atomic mass is 9.80. The van der Waals surface area contributed by atoms with E-state index in [0.29, 0.717) is 12.5 Å². The van der Waals surface area contributed by atoms with Gasteiger partial charge in [-0.05, 0) is 26.3 Å². The van der Waals surface area contributed by atoms with Gasteiger partial charge in [0.25, 0.3) is 0 Å². The predicted octanol–water partition coefficient (Wildman–Crippen LogP) is 2.50. The molecule has 1 rings (SSSR count). The molecule has 1 atom stereocenters. The van der Waals surface area contributed by atoms with Crippen LogP contribution in [0.25, 0.3) is 0 Å². The lowest BCUT2D eigenvalue weighted by molar-refractivity contribution is 0.0857. The second-order valence-electron chi connectivity index (χ2n) is 4.45. The normalized spacial score (nSPS) is 23.0. The standard InChI is InChI=1S/C10H20FN/c1-10(2,11)9(7-12)8-5-3-4-6-8/h8-9H,3-7,12H2,1-2H3. The Morgan fingerprint density at radius 2 is 1.92 bits per heavy atom. The summed E-state index contributed by atoms with van der Waals surface area (Å²) in [5, 5.41) is 0. The second-order valence-corrected chi connectivity index (χ2v) is 4.45. The van der Waals surface area contributed by atoms with E-state index in [1.54, 1.807) is 13.8 Å². The molecule has 1 aliphatic carbocycles. The maximum Gasteiger partial charge on any atom is 0.109 e. The fourth-order valence-electron chi connectivity index (χ4n) is 2.39. The molecule has 0 saturated heterocycles. The van der Waals surface area contributed by atoms with Crippen molar-refractivity contribution < 1.29 is 4.39 Å². The van der Waals surface area contributed by atoms with Gasteiger partial charge < -0.3 is 5.73 Å². The summed E-state index contributed by atoms with van der Waals surface area (Å²) < 4.78 is 13.6. The minimum absolute atomic E-state index is 0.0694. The Labute approximate surface area is 74.5 Å². The molecule has 0 spiro atoms. The lowest BCUT2D eigenvalue weighted by Gasteiger charge is -2.30. The fraction of sp³-hybridized carbons (Fsp3) is 1.00. The Hall–Kier alpha value is -0.110. The van der Waals surface area contributed by atoms with Crippen LogP contribution >= 0.6 is 0 Å². The summed E-state index contributed by atoms with van der Waals surface area (Å²) in [7, 11) is 0. The number of nitrogens with two attached hydrogens (primary N) is 1. The Morgan fingerprint density at radius 1 is 1.42 bits per heavy atom. The molecule has 0 amide bonds. The van der Waals surface area contributed by atoms with E-state index in [9.17, 15) is 4.39 Å². The van der Waals surface area contributed by atoms with Crippen LogP contribution in [0.2, 0.25) is 0 Å². The molecule has 0 heterocycles. The highest BCUT2D eigenvalue weighted by atomic mass is 19.1. The van der Waals surface area contributed by atoms with Crippen LogP contribution in [0.1, 0.15) is 39.5 Å². The molecule has 0 aromatic carbocycles. The van der Waals surface area contributed by atoms with Crippen molar-refractivity contribution in [3.05, 3.63) is 0 Å². The van der Waals surface area contributed by atoms with Gasteiger partial charge in [0.05, 0.1) is 0 Å². The van der Waals surface area contributed by atoms with Crippen molar-refractivity contribution in [2.45, 2.75) is 45.2 Å². The number of halogens is 1. The Bertz CT molecular complexity index is 133. The zero-order chi connectivity index (χ0) is 9.19. The highest BCUT2D eigenvalue weighted by molar-refractivity contribution is 4.86. The van der Waals surface area contributed by atoms with Gasteiger partial charge in [-0.25, -0.2) is 4.39 Å². The maximum absolute atomic E-state index is 13.6. The molecule has 1 aliphatic rings. The van der Waals surface area contributed by atoms with Crippen molar-refractivity contribution in [1.29, 1.82) is 0 Å². The van der Waals surface area contributed by atoms with Crippen molar-refractivity contribution >= 4 is 0 Å². The zero-order valence-electron chi connectivity index (χ0n) is 8.15. The molecule has 1 saturated carbocycles. The molecule has 1 unspecified atom stereocenters. The van der Waals surface area contributed by atoms with Crippen molar-refractivity contribution in [1.82, 2.24) is 0 Å². The van der Waals surface area contributed by atoms with Gasteiger partial charge in [0, 0.05) is 5.92 Å². The first-order valence-corrected chi connectivity index (χ1v) is 4.94. The van der Waals surface area contributed by atoms with Crippen molar-refractivity contribution in [3.63, 3.8) is 0 Å². The summed E-state index contributed by atoms with van der Waals surface area (Å²) in [6.07, 6.45) is 4.87. The second kappa shape index (κ2) is 3.73. The van der Waals surface area contributed by atoms with Crippen LogP contribution in [0.5, 0.6) is 0 Å². The summed E-state index contributed by atoms with van der Waals surface area (Å²) >= 11 is 0. The third-order valence-electron chi connectivity index (χ3n) is 3.10. The predicted molar refractivity (Wildman–Crippen MR) is 49.7 cm³/mol. The summed E-state index contributed by atoms with van der Waals surface area (Å²) in [6, 6.07) is 0. The van der Waals surface area contributed by atoms with Gasteiger partial charge >= 0.3 is 0 Å². The molecule has 2 N–H and O–H groups in total. The van der Waals surface area contributed by atoms with E-state index < -0.39 is 5.67 Å². The highest BCUT2D eigenvalue weighted by Crippen LogP contribution is 2.37. The van der Waals surface area contributed by atoms with E-state index in [0.717, 1.165) is 0 Å². The van der Waals surface area contributed by atoms with Crippen molar-refractivity contribution in [3.8, 4) is 0 Å². The third kappa shape index (κ3) is 2.19. The average molecular weight is 173 g/mol. The number of hydrogen-bond acceptors (Lipinski definition) is 1. The quantitative estimate of drug-likeness (QED) is 0.697. The Kier molecular flexibility index (Phi) is 3.10. The monoisotopic (exact) mass is 173 g/mol. The average Bonchev–Trinajstić information content (AvgIpc) is 2.38. The maximum atomic E-state index is 13.6. The number of hydrogen-bond donors (Lipinski definition) is 1. The van der Waals surface area contributed by atoms with Gasteiger partial charge in [-0.2, -0.15) is 0 Å². The Balaban J connectivity index is 2.54. The van der Waals surface area contributed by atoms with E-state index in [1.807, 2.05) is 0 Å². The van der Waals surface area contributed by atoms with E-state index in [1.165, 1.54) is 25.7 Å². The first kappa shape index (κ1) is 9.97. The topological polar surface area (TPSA) is 26.0 Å². The van der Waals surface area contributed by atoms with Gasteiger partial charge in [0.15, 0.2) is 0 Å². The molecular formula is C10H20FN. The van der Waals surface area contributed by atoms with Crippen LogP contribution in [0.4, 0.5) is 4.39 Å². The van der Waals surface area contributed by atoms with Crippen molar-refractivity contribution in [2.75, 3.05) is 6.54 Å². The molecule has 12 heavy (non-hydrogen) atoms. The summed E-state index contributed by atoms with van der Waals surface area (Å²) in [5.41, 5.74) is 4.51. The largest absolute Gasteiger partial charge is 0.330 e. The minimum Gasteiger partial charge on any atom is -0.330 e. The summed E-state index contributed by atoms with van der Waals surface area (Å²) in [4.78, 5) is 0. The van der Waals surface area contributed by atoms with E-state index in [-0.39, 0.29) is 5.92 Å². The van der Waals surface area contributed by atoms with E-state index in [2.05, 4.69) is 0 Å². The minimum atomic E-state index is -1.09. The third-order valence-corrected chi connectivity index (χ3v) is 3.10. The van der Waals surface area contributed by atoms with E-state index >= 15 is 0 Å². The molecule has 0 bridgehead atoms. The van der Waals surface area contributed by atoms with Gasteiger partial charge in [0.1, 0.15) is 5.67 Å². The molecule has 2 heteroatoms. The van der Waals surface area contributed by atoms with Crippen LogP contribution in [0, 0.1) is 11.8 Å². The van der Waals surface area contributed by atoms with E-state index in [4.69, 9.17) is 5.73 Å². The molecule has 0 aromatic heterocycles. The Morgan fingerprint density at radius 3 is 2.25 bits per heavy atom. The van der Waals surface area contributed by atoms with Crippen LogP contribution in [-0.4, -0.2) is 12.2 Å². The molecule has 72 valence electrons. The number of alkyl halides is 1. The van der Waals surface area contributed by atoms with Gasteiger partial charge in [-0.3, -0.25) is 0 Å². The lowest BCUT2D eigenvalue weighted by Crippen LogP contribution is -2.37. The van der Waals surface area contributed by atoms with Crippen LogP contribution in [0.15, 0.2) is 0 Å². The molecule has 0 radical (unpaired) electrons. The molecular weight excluding hydrogens is 153 g/mol. The number of rotatable bonds is 3. The zero-order valence-corrected chi connectivity index (χ0v) is 8.15. The molecule has 1 fully saturated rings.